The van der Waals surface area contributed by atoms with Crippen molar-refractivity contribution >= 4 is 23.6 Å². The molecule has 0 atom stereocenters. The quantitative estimate of drug-likeness (QED) is 0.566. The molecule has 0 saturated carbocycles. The summed E-state index contributed by atoms with van der Waals surface area (Å²) in [6, 6.07) is 18.8. The molecule has 0 aliphatic heterocycles. The van der Waals surface area contributed by atoms with Gasteiger partial charge in [0.2, 0.25) is 0 Å². The van der Waals surface area contributed by atoms with Crippen LogP contribution < -0.4 is 5.32 Å². The van der Waals surface area contributed by atoms with Crippen molar-refractivity contribution in [2.75, 3.05) is 7.05 Å². The number of aromatic nitrogens is 2. The highest BCUT2D eigenvalue weighted by molar-refractivity contribution is 6.30. The molecule has 1 heterocycles. The number of halogens is 1. The summed E-state index contributed by atoms with van der Waals surface area (Å²) < 4.78 is 1.72. The summed E-state index contributed by atoms with van der Waals surface area (Å²) in [4.78, 5) is 11.9. The Morgan fingerprint density at radius 2 is 1.88 bits per heavy atom. The molecule has 0 bridgehead atoms. The molecule has 5 nitrogen and oxygen atoms in total. The predicted octanol–water partition coefficient (Wildman–Crippen LogP) is 3.85. The molecule has 2 aromatic carbocycles. The van der Waals surface area contributed by atoms with E-state index < -0.39 is 5.91 Å². The van der Waals surface area contributed by atoms with Crippen molar-refractivity contribution in [2.45, 2.75) is 0 Å². The van der Waals surface area contributed by atoms with Gasteiger partial charge in [-0.25, -0.2) is 4.68 Å². The first kappa shape index (κ1) is 17.5. The van der Waals surface area contributed by atoms with Crippen LogP contribution >= 0.6 is 11.6 Å². The first-order chi connectivity index (χ1) is 12.6. The Hall–Kier alpha value is -3.36. The topological polar surface area (TPSA) is 70.7 Å². The second-order valence-corrected chi connectivity index (χ2v) is 5.91. The molecule has 0 saturated heterocycles. The van der Waals surface area contributed by atoms with Crippen LogP contribution in [-0.2, 0) is 4.79 Å². The Morgan fingerprint density at radius 1 is 1.19 bits per heavy atom. The van der Waals surface area contributed by atoms with Gasteiger partial charge >= 0.3 is 0 Å². The maximum atomic E-state index is 11.9. The fraction of sp³-hybridized carbons (Fsp3) is 0.0500. The third-order valence-electron chi connectivity index (χ3n) is 3.77. The number of amides is 1. The SMILES string of the molecule is CNC(=O)/C(C#N)=C/c1cn(-c2ccccc2)nc1-c1ccc(Cl)cc1. The molecule has 0 spiro atoms. The number of nitrogens with one attached hydrogen (secondary N) is 1. The van der Waals surface area contributed by atoms with Gasteiger partial charge in [0.1, 0.15) is 11.6 Å². The highest BCUT2D eigenvalue weighted by Gasteiger charge is 2.14. The Morgan fingerprint density at radius 3 is 2.50 bits per heavy atom. The molecule has 0 unspecified atom stereocenters. The van der Waals surface area contributed by atoms with Crippen molar-refractivity contribution in [2.24, 2.45) is 0 Å². The summed E-state index contributed by atoms with van der Waals surface area (Å²) in [6.07, 6.45) is 3.33. The van der Waals surface area contributed by atoms with Crippen LogP contribution in [0.25, 0.3) is 23.0 Å². The van der Waals surface area contributed by atoms with Gasteiger partial charge in [0.25, 0.3) is 5.91 Å². The minimum absolute atomic E-state index is 0.00956. The normalized spacial score (nSPS) is 11.0. The number of likely N-dealkylation sites (N-methyl/N-ethyl adjacent to an activating group) is 1. The van der Waals surface area contributed by atoms with Crippen molar-refractivity contribution in [1.82, 2.24) is 15.1 Å². The smallest absolute Gasteiger partial charge is 0.261 e. The summed E-state index contributed by atoms with van der Waals surface area (Å²) in [5, 5.41) is 17.0. The third kappa shape index (κ3) is 3.66. The van der Waals surface area contributed by atoms with E-state index >= 15 is 0 Å². The van der Waals surface area contributed by atoms with Crippen LogP contribution in [0.2, 0.25) is 5.02 Å². The third-order valence-corrected chi connectivity index (χ3v) is 4.02. The fourth-order valence-corrected chi connectivity index (χ4v) is 2.60. The lowest BCUT2D eigenvalue weighted by atomic mass is 10.1. The number of nitriles is 1. The van der Waals surface area contributed by atoms with Gasteiger partial charge in [0.05, 0.1) is 11.4 Å². The first-order valence-electron chi connectivity index (χ1n) is 7.87. The van der Waals surface area contributed by atoms with Gasteiger partial charge in [-0.2, -0.15) is 10.4 Å². The summed E-state index contributed by atoms with van der Waals surface area (Å²) in [6.45, 7) is 0. The monoisotopic (exact) mass is 362 g/mol. The molecular weight excluding hydrogens is 348 g/mol. The Labute approximate surface area is 156 Å². The number of rotatable bonds is 4. The molecule has 0 aliphatic carbocycles. The van der Waals surface area contributed by atoms with E-state index in [1.54, 1.807) is 23.0 Å². The van der Waals surface area contributed by atoms with Crippen LogP contribution in [0.4, 0.5) is 0 Å². The zero-order valence-corrected chi connectivity index (χ0v) is 14.7. The van der Waals surface area contributed by atoms with E-state index in [1.165, 1.54) is 13.1 Å². The van der Waals surface area contributed by atoms with E-state index in [4.69, 9.17) is 11.6 Å². The lowest BCUT2D eigenvalue weighted by Gasteiger charge is -2.01. The number of carbonyl (C=O) groups is 1. The van der Waals surface area contributed by atoms with Crippen LogP contribution in [-0.4, -0.2) is 22.7 Å². The van der Waals surface area contributed by atoms with Gasteiger partial charge in [0.15, 0.2) is 0 Å². The minimum atomic E-state index is -0.443. The largest absolute Gasteiger partial charge is 0.354 e. The number of hydrogen-bond donors (Lipinski definition) is 1. The number of para-hydroxylation sites is 1. The summed E-state index contributed by atoms with van der Waals surface area (Å²) >= 11 is 5.97. The Kier molecular flexibility index (Phi) is 5.16. The lowest BCUT2D eigenvalue weighted by Crippen LogP contribution is -2.19. The molecule has 3 rings (SSSR count). The van der Waals surface area contributed by atoms with Crippen molar-refractivity contribution in [1.29, 1.82) is 5.26 Å². The molecule has 0 radical (unpaired) electrons. The Balaban J connectivity index is 2.16. The molecule has 0 fully saturated rings. The molecule has 1 N–H and O–H groups in total. The molecule has 1 aromatic heterocycles. The zero-order chi connectivity index (χ0) is 18.5. The van der Waals surface area contributed by atoms with E-state index in [2.05, 4.69) is 10.4 Å². The lowest BCUT2D eigenvalue weighted by molar-refractivity contribution is -0.116. The molecule has 6 heteroatoms. The highest BCUT2D eigenvalue weighted by Crippen LogP contribution is 2.27. The molecular formula is C20H15ClN4O. The van der Waals surface area contributed by atoms with Gasteiger partial charge in [-0.3, -0.25) is 4.79 Å². The summed E-state index contributed by atoms with van der Waals surface area (Å²) in [5.41, 5.74) is 3.04. The van der Waals surface area contributed by atoms with Crippen LogP contribution in [0, 0.1) is 11.3 Å². The highest BCUT2D eigenvalue weighted by atomic mass is 35.5. The number of benzene rings is 2. The first-order valence-corrected chi connectivity index (χ1v) is 8.25. The van der Waals surface area contributed by atoms with Gasteiger partial charge in [-0.15, -0.1) is 0 Å². The van der Waals surface area contributed by atoms with Crippen LogP contribution in [0.3, 0.4) is 0 Å². The maximum absolute atomic E-state index is 11.9. The van der Waals surface area contributed by atoms with Crippen LogP contribution in [0.1, 0.15) is 5.56 Å². The standard InChI is InChI=1S/C20H15ClN4O/c1-23-20(26)15(12-22)11-16-13-25(18-5-3-2-4-6-18)24-19(16)14-7-9-17(21)10-8-14/h2-11,13H,1H3,(H,23,26)/b15-11+. The van der Waals surface area contributed by atoms with Gasteiger partial charge in [-0.1, -0.05) is 41.9 Å². The van der Waals surface area contributed by atoms with Crippen LogP contribution in [0.5, 0.6) is 0 Å². The molecule has 0 aliphatic rings. The van der Waals surface area contributed by atoms with E-state index in [-0.39, 0.29) is 5.57 Å². The number of carbonyl (C=O) groups excluding carboxylic acids is 1. The van der Waals surface area contributed by atoms with E-state index in [0.717, 1.165) is 11.3 Å². The summed E-state index contributed by atoms with van der Waals surface area (Å²) in [7, 11) is 1.49. The molecule has 1 amide bonds. The van der Waals surface area contributed by atoms with E-state index in [0.29, 0.717) is 16.3 Å². The molecule has 128 valence electrons. The van der Waals surface area contributed by atoms with Crippen molar-refractivity contribution in [3.05, 3.63) is 77.0 Å². The second-order valence-electron chi connectivity index (χ2n) is 5.47. The second kappa shape index (κ2) is 7.68. The molecule has 3 aromatic rings. The summed E-state index contributed by atoms with van der Waals surface area (Å²) in [5.74, 6) is -0.443. The van der Waals surface area contributed by atoms with Crippen LogP contribution in [0.15, 0.2) is 66.4 Å². The van der Waals surface area contributed by atoms with Crippen molar-refractivity contribution < 1.29 is 4.79 Å². The average molecular weight is 363 g/mol. The Bertz CT molecular complexity index is 999. The van der Waals surface area contributed by atoms with Gasteiger partial charge in [0, 0.05) is 29.4 Å². The van der Waals surface area contributed by atoms with E-state index in [1.807, 2.05) is 48.5 Å². The fourth-order valence-electron chi connectivity index (χ4n) is 2.48. The predicted molar refractivity (Wildman–Crippen MR) is 102 cm³/mol. The van der Waals surface area contributed by atoms with Gasteiger partial charge < -0.3 is 5.32 Å². The van der Waals surface area contributed by atoms with Crippen molar-refractivity contribution in [3.8, 4) is 23.0 Å². The number of hydrogen-bond acceptors (Lipinski definition) is 3. The minimum Gasteiger partial charge on any atom is -0.354 e. The maximum Gasteiger partial charge on any atom is 0.261 e. The van der Waals surface area contributed by atoms with E-state index in [9.17, 15) is 10.1 Å². The molecule has 26 heavy (non-hydrogen) atoms. The average Bonchev–Trinajstić information content (AvgIpc) is 3.10. The van der Waals surface area contributed by atoms with Gasteiger partial charge in [-0.05, 0) is 30.3 Å². The number of nitrogens with zero attached hydrogens (tertiary/aromatic N) is 3. The zero-order valence-electron chi connectivity index (χ0n) is 14.0. The van der Waals surface area contributed by atoms with Crippen molar-refractivity contribution in [3.63, 3.8) is 0 Å².